The summed E-state index contributed by atoms with van der Waals surface area (Å²) in [7, 11) is 0. The maximum absolute atomic E-state index is 14.3. The molecule has 2 aliphatic rings. The van der Waals surface area contributed by atoms with Crippen LogP contribution in [0.5, 0.6) is 0 Å². The molecule has 8 heteroatoms. The molecule has 1 saturated heterocycles. The third kappa shape index (κ3) is 3.29. The number of anilines is 2. The van der Waals surface area contributed by atoms with Gasteiger partial charge in [-0.3, -0.25) is 19.4 Å². The van der Waals surface area contributed by atoms with Crippen LogP contribution < -0.4 is 9.80 Å². The minimum atomic E-state index is -0.757. The molecule has 4 rings (SSSR count). The van der Waals surface area contributed by atoms with E-state index in [2.05, 4.69) is 4.90 Å². The average Bonchev–Trinajstić information content (AvgIpc) is 2.91. The number of amides is 1. The Morgan fingerprint density at radius 3 is 2.44 bits per heavy atom. The lowest BCUT2D eigenvalue weighted by Crippen LogP contribution is -2.51. The molecule has 0 N–H and O–H groups in total. The molecule has 1 fully saturated rings. The standard InChI is InChI=1S/C19H16Cl2FN3O2/c20-12-2-1-3-13(10-12)24-8-6-23(7-9-24)11-25-17-15(22)5-4-14(21)16(17)18(26)19(25)27/h1-5,10H,6-9,11H2. The number of hydrogen-bond donors (Lipinski definition) is 0. The lowest BCUT2D eigenvalue weighted by molar-refractivity contribution is -0.114. The summed E-state index contributed by atoms with van der Waals surface area (Å²) in [6.45, 7) is 2.96. The Bertz CT molecular complexity index is 929. The van der Waals surface area contributed by atoms with Gasteiger partial charge in [-0.1, -0.05) is 29.3 Å². The summed E-state index contributed by atoms with van der Waals surface area (Å²) in [5, 5.41) is 0.776. The molecule has 2 heterocycles. The summed E-state index contributed by atoms with van der Waals surface area (Å²) in [5.41, 5.74) is 0.978. The van der Waals surface area contributed by atoms with Crippen molar-refractivity contribution in [2.24, 2.45) is 0 Å². The fourth-order valence-corrected chi connectivity index (χ4v) is 3.93. The molecule has 27 heavy (non-hydrogen) atoms. The molecule has 140 valence electrons. The van der Waals surface area contributed by atoms with Gasteiger partial charge in [-0.2, -0.15) is 0 Å². The Morgan fingerprint density at radius 2 is 1.74 bits per heavy atom. The van der Waals surface area contributed by atoms with Crippen molar-refractivity contribution < 1.29 is 14.0 Å². The van der Waals surface area contributed by atoms with Crippen LogP contribution in [-0.4, -0.2) is 49.4 Å². The van der Waals surface area contributed by atoms with Gasteiger partial charge in [0.15, 0.2) is 0 Å². The number of carbonyl (C=O) groups is 2. The first-order valence-electron chi connectivity index (χ1n) is 8.53. The summed E-state index contributed by atoms with van der Waals surface area (Å²) in [5.74, 6) is -2.12. The monoisotopic (exact) mass is 407 g/mol. The van der Waals surface area contributed by atoms with E-state index in [0.717, 1.165) is 18.8 Å². The molecule has 0 aromatic heterocycles. The average molecular weight is 408 g/mol. The topological polar surface area (TPSA) is 43.9 Å². The highest BCUT2D eigenvalue weighted by Gasteiger charge is 2.40. The number of fused-ring (bicyclic) bond motifs is 1. The molecule has 0 radical (unpaired) electrons. The van der Waals surface area contributed by atoms with Crippen molar-refractivity contribution in [2.75, 3.05) is 42.6 Å². The molecular weight excluding hydrogens is 392 g/mol. The summed E-state index contributed by atoms with van der Waals surface area (Å²) in [6.07, 6.45) is 0. The number of benzene rings is 2. The molecule has 0 bridgehead atoms. The third-order valence-corrected chi connectivity index (χ3v) is 5.45. The molecular formula is C19H16Cl2FN3O2. The van der Waals surface area contributed by atoms with Crippen molar-refractivity contribution >= 4 is 46.3 Å². The van der Waals surface area contributed by atoms with Crippen molar-refractivity contribution in [1.82, 2.24) is 4.90 Å². The van der Waals surface area contributed by atoms with Crippen LogP contribution in [-0.2, 0) is 4.79 Å². The van der Waals surface area contributed by atoms with Crippen LogP contribution in [0, 0.1) is 5.82 Å². The van der Waals surface area contributed by atoms with E-state index < -0.39 is 17.5 Å². The molecule has 1 amide bonds. The van der Waals surface area contributed by atoms with Crippen LogP contribution in [0.2, 0.25) is 10.0 Å². The van der Waals surface area contributed by atoms with Crippen LogP contribution >= 0.6 is 23.2 Å². The zero-order valence-corrected chi connectivity index (χ0v) is 15.8. The SMILES string of the molecule is O=C1C(=O)N(CN2CCN(c3cccc(Cl)c3)CC2)c2c(F)ccc(Cl)c21. The summed E-state index contributed by atoms with van der Waals surface area (Å²) >= 11 is 12.1. The Balaban J connectivity index is 1.48. The van der Waals surface area contributed by atoms with E-state index in [1.807, 2.05) is 29.2 Å². The maximum Gasteiger partial charge on any atom is 0.300 e. The molecule has 2 aliphatic heterocycles. The molecule has 0 spiro atoms. The van der Waals surface area contributed by atoms with E-state index in [1.165, 1.54) is 17.0 Å². The maximum atomic E-state index is 14.3. The fraction of sp³-hybridized carbons (Fsp3) is 0.263. The first-order chi connectivity index (χ1) is 13.0. The number of ketones is 1. The van der Waals surface area contributed by atoms with Gasteiger partial charge in [0, 0.05) is 36.9 Å². The van der Waals surface area contributed by atoms with Gasteiger partial charge >= 0.3 is 5.91 Å². The van der Waals surface area contributed by atoms with Crippen LogP contribution in [0.4, 0.5) is 15.8 Å². The first kappa shape index (κ1) is 18.2. The number of nitrogens with zero attached hydrogens (tertiary/aromatic N) is 3. The van der Waals surface area contributed by atoms with Crippen molar-refractivity contribution in [2.45, 2.75) is 0 Å². The highest BCUT2D eigenvalue weighted by Crippen LogP contribution is 2.36. The molecule has 5 nitrogen and oxygen atoms in total. The first-order valence-corrected chi connectivity index (χ1v) is 9.28. The van der Waals surface area contributed by atoms with Gasteiger partial charge in [0.1, 0.15) is 5.82 Å². The van der Waals surface area contributed by atoms with Gasteiger partial charge in [-0.25, -0.2) is 4.39 Å². The molecule has 0 aliphatic carbocycles. The van der Waals surface area contributed by atoms with Crippen LogP contribution in [0.15, 0.2) is 36.4 Å². The smallest absolute Gasteiger partial charge is 0.300 e. The number of hydrogen-bond acceptors (Lipinski definition) is 4. The van der Waals surface area contributed by atoms with Gasteiger partial charge in [0.05, 0.1) is 22.9 Å². The number of carbonyl (C=O) groups excluding carboxylic acids is 2. The Hall–Kier alpha value is -2.15. The number of piperazine rings is 1. The van der Waals surface area contributed by atoms with E-state index >= 15 is 0 Å². The zero-order valence-electron chi connectivity index (χ0n) is 14.3. The van der Waals surface area contributed by atoms with Gasteiger partial charge in [-0.05, 0) is 30.3 Å². The third-order valence-electron chi connectivity index (χ3n) is 4.90. The minimum Gasteiger partial charge on any atom is -0.369 e. The molecule has 2 aromatic carbocycles. The van der Waals surface area contributed by atoms with Crippen LogP contribution in [0.1, 0.15) is 10.4 Å². The Labute approximate surface area is 165 Å². The summed E-state index contributed by atoms with van der Waals surface area (Å²) in [6, 6.07) is 10.1. The fourth-order valence-electron chi connectivity index (χ4n) is 3.51. The van der Waals surface area contributed by atoms with Crippen LogP contribution in [0.3, 0.4) is 0 Å². The molecule has 0 unspecified atom stereocenters. The zero-order chi connectivity index (χ0) is 19.1. The normalized spacial score (nSPS) is 17.6. The van der Waals surface area contributed by atoms with Gasteiger partial charge in [0.2, 0.25) is 0 Å². The predicted octanol–water partition coefficient (Wildman–Crippen LogP) is 3.44. The lowest BCUT2D eigenvalue weighted by Gasteiger charge is -2.37. The van der Waals surface area contributed by atoms with Crippen molar-refractivity contribution in [3.63, 3.8) is 0 Å². The van der Waals surface area contributed by atoms with Gasteiger partial charge < -0.3 is 4.90 Å². The highest BCUT2D eigenvalue weighted by molar-refractivity contribution is 6.55. The highest BCUT2D eigenvalue weighted by atomic mass is 35.5. The lowest BCUT2D eigenvalue weighted by atomic mass is 10.1. The summed E-state index contributed by atoms with van der Waals surface area (Å²) in [4.78, 5) is 30.0. The number of Topliss-reactive ketones (excluding diaryl/α,β-unsaturated/α-hetero) is 1. The van der Waals surface area contributed by atoms with Gasteiger partial charge in [-0.15, -0.1) is 0 Å². The Kier molecular flexibility index (Phi) is 4.80. The molecule has 0 atom stereocenters. The second-order valence-corrected chi connectivity index (χ2v) is 7.39. The quantitative estimate of drug-likeness (QED) is 0.730. The second kappa shape index (κ2) is 7.11. The van der Waals surface area contributed by atoms with E-state index in [4.69, 9.17) is 23.2 Å². The van der Waals surface area contributed by atoms with E-state index in [0.29, 0.717) is 18.1 Å². The van der Waals surface area contributed by atoms with Crippen LogP contribution in [0.25, 0.3) is 0 Å². The van der Waals surface area contributed by atoms with E-state index in [1.54, 1.807) is 0 Å². The summed E-state index contributed by atoms with van der Waals surface area (Å²) < 4.78 is 14.3. The number of halogens is 3. The van der Waals surface area contributed by atoms with Gasteiger partial charge in [0.25, 0.3) is 5.78 Å². The largest absolute Gasteiger partial charge is 0.369 e. The van der Waals surface area contributed by atoms with E-state index in [-0.39, 0.29) is 22.9 Å². The second-order valence-electron chi connectivity index (χ2n) is 6.54. The Morgan fingerprint density at radius 1 is 1.00 bits per heavy atom. The van der Waals surface area contributed by atoms with Crippen molar-refractivity contribution in [1.29, 1.82) is 0 Å². The van der Waals surface area contributed by atoms with Crippen molar-refractivity contribution in [3.05, 3.63) is 57.8 Å². The predicted molar refractivity (Wildman–Crippen MR) is 103 cm³/mol. The minimum absolute atomic E-state index is 0.0187. The molecule has 2 aromatic rings. The van der Waals surface area contributed by atoms with E-state index in [9.17, 15) is 14.0 Å². The number of rotatable bonds is 3. The molecule has 0 saturated carbocycles. The van der Waals surface area contributed by atoms with Crippen molar-refractivity contribution in [3.8, 4) is 0 Å².